The molecule has 1 unspecified atom stereocenters. The molecule has 0 rings (SSSR count). The highest BCUT2D eigenvalue weighted by Crippen LogP contribution is 2.08. The standard InChI is InChI=1S/C12H24N2O6S/c1-12(2,3)20-7-6-9(11(16)17)13-10(15)8-14(4)21(5,18)19/h9H,6-8H2,1-5H3,(H,13,15)(H,16,17). The summed E-state index contributed by atoms with van der Waals surface area (Å²) < 4.78 is 28.6. The van der Waals surface area contributed by atoms with E-state index in [2.05, 4.69) is 5.32 Å². The van der Waals surface area contributed by atoms with Crippen molar-refractivity contribution in [3.05, 3.63) is 0 Å². The number of hydrogen-bond acceptors (Lipinski definition) is 5. The Kier molecular flexibility index (Phi) is 7.28. The number of nitrogens with one attached hydrogen (secondary N) is 1. The topological polar surface area (TPSA) is 113 Å². The molecule has 0 aromatic rings. The van der Waals surface area contributed by atoms with Gasteiger partial charge in [0.15, 0.2) is 0 Å². The van der Waals surface area contributed by atoms with Crippen molar-refractivity contribution in [3.8, 4) is 0 Å². The largest absolute Gasteiger partial charge is 0.480 e. The first-order valence-electron chi connectivity index (χ1n) is 6.40. The van der Waals surface area contributed by atoms with Gasteiger partial charge in [-0.05, 0) is 20.8 Å². The molecule has 124 valence electrons. The van der Waals surface area contributed by atoms with Gasteiger partial charge >= 0.3 is 5.97 Å². The number of hydrogen-bond donors (Lipinski definition) is 2. The van der Waals surface area contributed by atoms with Gasteiger partial charge in [-0.1, -0.05) is 0 Å². The fourth-order valence-corrected chi connectivity index (χ4v) is 1.65. The summed E-state index contributed by atoms with van der Waals surface area (Å²) in [5, 5.41) is 11.3. The van der Waals surface area contributed by atoms with Crippen LogP contribution in [0.3, 0.4) is 0 Å². The number of likely N-dealkylation sites (N-methyl/N-ethyl adjacent to an activating group) is 1. The molecule has 0 aromatic carbocycles. The van der Waals surface area contributed by atoms with Crippen LogP contribution in [-0.4, -0.2) is 67.8 Å². The van der Waals surface area contributed by atoms with Crippen molar-refractivity contribution in [2.45, 2.75) is 38.8 Å². The van der Waals surface area contributed by atoms with Crippen LogP contribution < -0.4 is 5.32 Å². The van der Waals surface area contributed by atoms with E-state index in [9.17, 15) is 18.0 Å². The number of carboxylic acid groups (broad SMARTS) is 1. The van der Waals surface area contributed by atoms with Gasteiger partial charge in [0, 0.05) is 20.1 Å². The van der Waals surface area contributed by atoms with E-state index in [1.807, 2.05) is 20.8 Å². The third-order valence-corrected chi connectivity index (χ3v) is 3.77. The number of aliphatic carboxylic acids is 1. The zero-order chi connectivity index (χ0) is 16.8. The van der Waals surface area contributed by atoms with E-state index in [1.165, 1.54) is 7.05 Å². The van der Waals surface area contributed by atoms with E-state index in [0.717, 1.165) is 10.6 Å². The molecular weight excluding hydrogens is 300 g/mol. The lowest BCUT2D eigenvalue weighted by molar-refractivity contribution is -0.142. The maximum absolute atomic E-state index is 11.7. The van der Waals surface area contributed by atoms with Gasteiger partial charge in [-0.25, -0.2) is 13.2 Å². The Balaban J connectivity index is 4.45. The number of carboxylic acids is 1. The Morgan fingerprint density at radius 1 is 1.33 bits per heavy atom. The van der Waals surface area contributed by atoms with Gasteiger partial charge in [0.05, 0.1) is 18.4 Å². The minimum Gasteiger partial charge on any atom is -0.480 e. The predicted octanol–water partition coefficient (Wildman–Crippen LogP) is -0.348. The fraction of sp³-hybridized carbons (Fsp3) is 0.833. The van der Waals surface area contributed by atoms with Crippen molar-refractivity contribution in [1.82, 2.24) is 9.62 Å². The molecule has 0 aliphatic heterocycles. The lowest BCUT2D eigenvalue weighted by atomic mass is 10.2. The summed E-state index contributed by atoms with van der Waals surface area (Å²) in [5.41, 5.74) is -0.399. The highest BCUT2D eigenvalue weighted by Gasteiger charge is 2.23. The molecular formula is C12H24N2O6S. The average Bonchev–Trinajstić information content (AvgIpc) is 2.24. The molecule has 0 heterocycles. The molecule has 1 atom stereocenters. The maximum Gasteiger partial charge on any atom is 0.326 e. The minimum atomic E-state index is -3.49. The van der Waals surface area contributed by atoms with Crippen molar-refractivity contribution in [3.63, 3.8) is 0 Å². The van der Waals surface area contributed by atoms with E-state index in [4.69, 9.17) is 9.84 Å². The van der Waals surface area contributed by atoms with Crippen molar-refractivity contribution in [2.24, 2.45) is 0 Å². The van der Waals surface area contributed by atoms with Gasteiger partial charge in [0.2, 0.25) is 15.9 Å². The van der Waals surface area contributed by atoms with Gasteiger partial charge in [-0.2, -0.15) is 4.31 Å². The summed E-state index contributed by atoms with van der Waals surface area (Å²) in [4.78, 5) is 22.7. The number of carbonyl (C=O) groups is 2. The lowest BCUT2D eigenvalue weighted by Crippen LogP contribution is -2.46. The maximum atomic E-state index is 11.7. The van der Waals surface area contributed by atoms with Gasteiger partial charge < -0.3 is 15.2 Å². The monoisotopic (exact) mass is 324 g/mol. The second-order valence-electron chi connectivity index (χ2n) is 5.73. The second-order valence-corrected chi connectivity index (χ2v) is 7.82. The van der Waals surface area contributed by atoms with Crippen LogP contribution in [0.25, 0.3) is 0 Å². The molecule has 0 aliphatic rings. The lowest BCUT2D eigenvalue weighted by Gasteiger charge is -2.22. The summed E-state index contributed by atoms with van der Waals surface area (Å²) in [6.07, 6.45) is 1.06. The van der Waals surface area contributed by atoms with Crippen molar-refractivity contribution >= 4 is 21.9 Å². The smallest absolute Gasteiger partial charge is 0.326 e. The molecule has 1 amide bonds. The zero-order valence-corrected chi connectivity index (χ0v) is 13.9. The summed E-state index contributed by atoms with van der Waals surface area (Å²) in [7, 11) is -2.25. The molecule has 0 saturated heterocycles. The van der Waals surface area contributed by atoms with Gasteiger partial charge in [-0.3, -0.25) is 4.79 Å². The first kappa shape index (κ1) is 19.8. The Morgan fingerprint density at radius 2 is 1.86 bits per heavy atom. The Bertz CT molecular complexity index is 469. The molecule has 8 nitrogen and oxygen atoms in total. The van der Waals surface area contributed by atoms with Crippen LogP contribution >= 0.6 is 0 Å². The van der Waals surface area contributed by atoms with Crippen molar-refractivity contribution in [2.75, 3.05) is 26.5 Å². The van der Waals surface area contributed by atoms with E-state index in [1.54, 1.807) is 0 Å². The minimum absolute atomic E-state index is 0.0981. The van der Waals surface area contributed by atoms with Crippen molar-refractivity contribution in [1.29, 1.82) is 0 Å². The zero-order valence-electron chi connectivity index (χ0n) is 13.0. The number of amides is 1. The van der Waals surface area contributed by atoms with Crippen LogP contribution in [0.2, 0.25) is 0 Å². The molecule has 0 aliphatic carbocycles. The van der Waals surface area contributed by atoms with Crippen LogP contribution in [-0.2, 0) is 24.3 Å². The van der Waals surface area contributed by atoms with Crippen LogP contribution in [0.4, 0.5) is 0 Å². The molecule has 21 heavy (non-hydrogen) atoms. The Hall–Kier alpha value is -1.19. The molecule has 0 bridgehead atoms. The van der Waals surface area contributed by atoms with E-state index in [-0.39, 0.29) is 13.0 Å². The predicted molar refractivity (Wildman–Crippen MR) is 77.4 cm³/mol. The summed E-state index contributed by atoms with van der Waals surface area (Å²) in [6.45, 7) is 5.25. The molecule has 0 spiro atoms. The second kappa shape index (κ2) is 7.71. The van der Waals surface area contributed by atoms with Gasteiger partial charge in [-0.15, -0.1) is 0 Å². The van der Waals surface area contributed by atoms with Gasteiger partial charge in [0.25, 0.3) is 0 Å². The highest BCUT2D eigenvalue weighted by atomic mass is 32.2. The van der Waals surface area contributed by atoms with Crippen LogP contribution in [0.1, 0.15) is 27.2 Å². The summed E-state index contributed by atoms with van der Waals surface area (Å²) >= 11 is 0. The van der Waals surface area contributed by atoms with Crippen LogP contribution in [0.5, 0.6) is 0 Å². The average molecular weight is 324 g/mol. The number of carbonyl (C=O) groups excluding carboxylic acids is 1. The number of nitrogens with zero attached hydrogens (tertiary/aromatic N) is 1. The third-order valence-electron chi connectivity index (χ3n) is 2.51. The first-order chi connectivity index (χ1) is 9.33. The number of rotatable bonds is 8. The number of sulfonamides is 1. The Labute approximate surface area is 125 Å². The van der Waals surface area contributed by atoms with Crippen LogP contribution in [0.15, 0.2) is 0 Å². The first-order valence-corrected chi connectivity index (χ1v) is 8.25. The van der Waals surface area contributed by atoms with E-state index in [0.29, 0.717) is 0 Å². The fourth-order valence-electron chi connectivity index (χ4n) is 1.30. The number of ether oxygens (including phenoxy) is 1. The van der Waals surface area contributed by atoms with E-state index < -0.39 is 40.1 Å². The third kappa shape index (κ3) is 9.38. The highest BCUT2D eigenvalue weighted by molar-refractivity contribution is 7.88. The van der Waals surface area contributed by atoms with Crippen molar-refractivity contribution < 1.29 is 27.9 Å². The molecule has 0 saturated carbocycles. The van der Waals surface area contributed by atoms with Gasteiger partial charge in [0.1, 0.15) is 6.04 Å². The summed E-state index contributed by atoms with van der Waals surface area (Å²) in [5.74, 6) is -1.87. The normalized spacial score (nSPS) is 14.0. The molecule has 9 heteroatoms. The summed E-state index contributed by atoms with van der Waals surface area (Å²) in [6, 6.07) is -1.12. The molecule has 2 N–H and O–H groups in total. The van der Waals surface area contributed by atoms with E-state index >= 15 is 0 Å². The molecule has 0 aromatic heterocycles. The SMILES string of the molecule is CN(CC(=O)NC(CCOC(C)(C)C)C(=O)O)S(C)(=O)=O. The van der Waals surface area contributed by atoms with Crippen LogP contribution in [0, 0.1) is 0 Å². The quantitative estimate of drug-likeness (QED) is 0.631. The Morgan fingerprint density at radius 3 is 2.24 bits per heavy atom. The molecule has 0 fully saturated rings. The molecule has 0 radical (unpaired) electrons.